The molecule has 3 aromatic rings. The van der Waals surface area contributed by atoms with Crippen molar-refractivity contribution in [2.75, 3.05) is 26.6 Å². The van der Waals surface area contributed by atoms with E-state index in [1.807, 2.05) is 13.0 Å². The number of rotatable bonds is 7. The van der Waals surface area contributed by atoms with Crippen LogP contribution < -0.4 is 19.5 Å². The molecule has 152 valence electrons. The van der Waals surface area contributed by atoms with E-state index in [1.54, 1.807) is 12.1 Å². The second kappa shape index (κ2) is 7.75. The Kier molecular flexibility index (Phi) is 5.14. The minimum Gasteiger partial charge on any atom is -0.493 e. The van der Waals surface area contributed by atoms with Gasteiger partial charge in [0.2, 0.25) is 17.5 Å². The van der Waals surface area contributed by atoms with Crippen LogP contribution >= 0.6 is 11.3 Å². The molecule has 8 nitrogen and oxygen atoms in total. The fourth-order valence-corrected chi connectivity index (χ4v) is 3.86. The van der Waals surface area contributed by atoms with Gasteiger partial charge in [0.15, 0.2) is 11.5 Å². The molecule has 0 bridgehead atoms. The van der Waals surface area contributed by atoms with E-state index >= 15 is 0 Å². The number of hydrogen-bond acceptors (Lipinski definition) is 8. The SMILES string of the molecule is COc1cc(C(=O)Nc2cc(-c3noc(C4CC4)n3)sc2C)cc(OC)c1OC. The van der Waals surface area contributed by atoms with E-state index in [9.17, 15) is 4.79 Å². The van der Waals surface area contributed by atoms with Crippen LogP contribution in [0.3, 0.4) is 0 Å². The van der Waals surface area contributed by atoms with E-state index in [0.717, 1.165) is 22.6 Å². The fourth-order valence-electron chi connectivity index (χ4n) is 2.95. The largest absolute Gasteiger partial charge is 0.493 e. The summed E-state index contributed by atoms with van der Waals surface area (Å²) < 4.78 is 21.3. The molecule has 9 heteroatoms. The monoisotopic (exact) mass is 415 g/mol. The molecule has 0 atom stereocenters. The van der Waals surface area contributed by atoms with Crippen molar-refractivity contribution in [2.45, 2.75) is 25.7 Å². The van der Waals surface area contributed by atoms with Gasteiger partial charge in [-0.25, -0.2) is 0 Å². The first-order chi connectivity index (χ1) is 14.0. The number of aryl methyl sites for hydroxylation is 1. The van der Waals surface area contributed by atoms with Gasteiger partial charge in [0.1, 0.15) is 0 Å². The third-order valence-corrected chi connectivity index (χ3v) is 5.73. The number of carbonyl (C=O) groups is 1. The van der Waals surface area contributed by atoms with Crippen molar-refractivity contribution in [2.24, 2.45) is 0 Å². The summed E-state index contributed by atoms with van der Waals surface area (Å²) in [6, 6.07) is 5.08. The molecule has 1 N–H and O–H groups in total. The normalized spacial score (nSPS) is 13.2. The Morgan fingerprint density at radius 3 is 2.41 bits per heavy atom. The van der Waals surface area contributed by atoms with E-state index in [4.69, 9.17) is 18.7 Å². The highest BCUT2D eigenvalue weighted by atomic mass is 32.1. The smallest absolute Gasteiger partial charge is 0.255 e. The van der Waals surface area contributed by atoms with Crippen molar-refractivity contribution in [3.05, 3.63) is 34.5 Å². The highest BCUT2D eigenvalue weighted by Gasteiger charge is 2.30. The summed E-state index contributed by atoms with van der Waals surface area (Å²) in [4.78, 5) is 19.1. The van der Waals surface area contributed by atoms with Gasteiger partial charge in [-0.3, -0.25) is 4.79 Å². The highest BCUT2D eigenvalue weighted by Crippen LogP contribution is 2.41. The second-order valence-corrected chi connectivity index (χ2v) is 7.94. The topological polar surface area (TPSA) is 95.7 Å². The maximum Gasteiger partial charge on any atom is 0.255 e. The van der Waals surface area contributed by atoms with Crippen LogP contribution in [0.1, 0.15) is 39.9 Å². The number of aromatic nitrogens is 2. The predicted molar refractivity (Wildman–Crippen MR) is 108 cm³/mol. The summed E-state index contributed by atoms with van der Waals surface area (Å²) >= 11 is 1.50. The van der Waals surface area contributed by atoms with E-state index in [2.05, 4.69) is 15.5 Å². The fraction of sp³-hybridized carbons (Fsp3) is 0.350. The summed E-state index contributed by atoms with van der Waals surface area (Å²) in [5.74, 6) is 2.62. The molecule has 1 aliphatic rings. The highest BCUT2D eigenvalue weighted by molar-refractivity contribution is 7.16. The number of carbonyl (C=O) groups excluding carboxylic acids is 1. The van der Waals surface area contributed by atoms with E-state index in [-0.39, 0.29) is 5.91 Å². The molecule has 4 rings (SSSR count). The van der Waals surface area contributed by atoms with Crippen molar-refractivity contribution in [1.29, 1.82) is 0 Å². The van der Waals surface area contributed by atoms with Crippen molar-refractivity contribution >= 4 is 22.9 Å². The first kappa shape index (κ1) is 19.3. The van der Waals surface area contributed by atoms with Gasteiger partial charge in [0, 0.05) is 16.4 Å². The van der Waals surface area contributed by atoms with Gasteiger partial charge in [-0.2, -0.15) is 4.98 Å². The van der Waals surface area contributed by atoms with Crippen LogP contribution in [0.15, 0.2) is 22.7 Å². The number of anilines is 1. The third-order valence-electron chi connectivity index (χ3n) is 4.68. The molecule has 0 aliphatic heterocycles. The van der Waals surface area contributed by atoms with Crippen LogP contribution in [0.25, 0.3) is 10.7 Å². The molecule has 1 saturated carbocycles. The first-order valence-corrected chi connectivity index (χ1v) is 9.91. The summed E-state index contributed by atoms with van der Waals surface area (Å²) in [5.41, 5.74) is 1.09. The lowest BCUT2D eigenvalue weighted by atomic mass is 10.1. The number of thiophene rings is 1. The lowest BCUT2D eigenvalue weighted by Gasteiger charge is -2.14. The Labute approximate surface area is 171 Å². The Hall–Kier alpha value is -3.07. The lowest BCUT2D eigenvalue weighted by molar-refractivity contribution is 0.102. The van der Waals surface area contributed by atoms with Crippen LogP contribution in [0.4, 0.5) is 5.69 Å². The van der Waals surface area contributed by atoms with Crippen LogP contribution in [-0.2, 0) is 0 Å². The molecule has 0 unspecified atom stereocenters. The van der Waals surface area contributed by atoms with E-state index < -0.39 is 0 Å². The van der Waals surface area contributed by atoms with Crippen LogP contribution in [-0.4, -0.2) is 37.4 Å². The number of ether oxygens (including phenoxy) is 3. The van der Waals surface area contributed by atoms with Gasteiger partial charge < -0.3 is 24.1 Å². The average Bonchev–Trinajstić information content (AvgIpc) is 3.35. The number of nitrogens with one attached hydrogen (secondary N) is 1. The number of methoxy groups -OCH3 is 3. The first-order valence-electron chi connectivity index (χ1n) is 9.09. The molecular formula is C20H21N3O5S. The molecule has 29 heavy (non-hydrogen) atoms. The standard InChI is InChI=1S/C20H21N3O5S/c1-10-13(9-16(29-10)18-22-20(28-23-18)11-5-6-11)21-19(24)12-7-14(25-2)17(27-4)15(8-12)26-3/h7-9,11H,5-6H2,1-4H3,(H,21,24). The van der Waals surface area contributed by atoms with Crippen LogP contribution in [0.5, 0.6) is 17.2 Å². The second-order valence-electron chi connectivity index (χ2n) is 6.68. The summed E-state index contributed by atoms with van der Waals surface area (Å²) in [6.45, 7) is 1.93. The maximum absolute atomic E-state index is 12.8. The molecule has 1 aromatic carbocycles. The summed E-state index contributed by atoms with van der Waals surface area (Å²) in [7, 11) is 4.53. The van der Waals surface area contributed by atoms with Crippen molar-refractivity contribution in [1.82, 2.24) is 10.1 Å². The quantitative estimate of drug-likeness (QED) is 0.616. The number of benzene rings is 1. The van der Waals surface area contributed by atoms with Gasteiger partial charge in [-0.1, -0.05) is 5.16 Å². The van der Waals surface area contributed by atoms with Crippen molar-refractivity contribution in [3.63, 3.8) is 0 Å². The number of hydrogen-bond donors (Lipinski definition) is 1. The zero-order valence-electron chi connectivity index (χ0n) is 16.6. The van der Waals surface area contributed by atoms with Gasteiger partial charge in [-0.15, -0.1) is 11.3 Å². The Balaban J connectivity index is 1.57. The predicted octanol–water partition coefficient (Wildman–Crippen LogP) is 4.26. The third kappa shape index (κ3) is 3.77. The van der Waals surface area contributed by atoms with Gasteiger partial charge in [-0.05, 0) is 38.0 Å². The Morgan fingerprint density at radius 1 is 1.14 bits per heavy atom. The summed E-state index contributed by atoms with van der Waals surface area (Å²) in [5, 5.41) is 7.00. The molecule has 2 aromatic heterocycles. The minimum atomic E-state index is -0.288. The molecule has 0 spiro atoms. The van der Waals surface area contributed by atoms with Crippen molar-refractivity contribution < 1.29 is 23.5 Å². The van der Waals surface area contributed by atoms with Crippen LogP contribution in [0, 0.1) is 6.92 Å². The van der Waals surface area contributed by atoms with Crippen LogP contribution in [0.2, 0.25) is 0 Å². The van der Waals surface area contributed by atoms with E-state index in [1.165, 1.54) is 32.7 Å². The molecule has 1 aliphatic carbocycles. The number of nitrogens with zero attached hydrogens (tertiary/aromatic N) is 2. The lowest BCUT2D eigenvalue weighted by Crippen LogP contribution is -2.12. The molecule has 2 heterocycles. The maximum atomic E-state index is 12.8. The summed E-state index contributed by atoms with van der Waals surface area (Å²) in [6.07, 6.45) is 2.20. The molecule has 0 saturated heterocycles. The minimum absolute atomic E-state index is 0.288. The number of amides is 1. The van der Waals surface area contributed by atoms with E-state index in [0.29, 0.717) is 46.1 Å². The van der Waals surface area contributed by atoms with Gasteiger partial charge in [0.05, 0.1) is 31.9 Å². The van der Waals surface area contributed by atoms with Gasteiger partial charge >= 0.3 is 0 Å². The zero-order valence-corrected chi connectivity index (χ0v) is 17.4. The molecule has 0 radical (unpaired) electrons. The Morgan fingerprint density at radius 2 is 1.83 bits per heavy atom. The van der Waals surface area contributed by atoms with Crippen molar-refractivity contribution in [3.8, 4) is 28.0 Å². The van der Waals surface area contributed by atoms with Gasteiger partial charge in [0.25, 0.3) is 5.91 Å². The zero-order chi connectivity index (χ0) is 20.5. The molecule has 1 amide bonds. The average molecular weight is 415 g/mol. The molecular weight excluding hydrogens is 394 g/mol. The Bertz CT molecular complexity index is 1030. The molecule has 1 fully saturated rings.